The average molecular weight is 192 g/mol. The Morgan fingerprint density at radius 1 is 1.73 bits per heavy atom. The van der Waals surface area contributed by atoms with E-state index in [0.717, 1.165) is 6.54 Å². The fourth-order valence-electron chi connectivity index (χ4n) is 0.805. The van der Waals surface area contributed by atoms with E-state index in [1.54, 1.807) is 3.96 Å². The van der Waals surface area contributed by atoms with Gasteiger partial charge in [0.15, 0.2) is 0 Å². The van der Waals surface area contributed by atoms with Gasteiger partial charge in [-0.1, -0.05) is 25.4 Å². The molecule has 0 amide bonds. The number of halogens is 1. The number of hydrogen-bond acceptors (Lipinski definition) is 2. The van der Waals surface area contributed by atoms with E-state index in [1.165, 1.54) is 17.6 Å². The topological polar surface area (TPSA) is 22.0 Å². The second kappa shape index (κ2) is 3.41. The van der Waals surface area contributed by atoms with Crippen molar-refractivity contribution in [3.05, 3.63) is 20.8 Å². The van der Waals surface area contributed by atoms with E-state index in [4.69, 9.17) is 11.6 Å². The van der Waals surface area contributed by atoms with Crippen molar-refractivity contribution in [1.29, 1.82) is 0 Å². The van der Waals surface area contributed by atoms with Gasteiger partial charge in [-0.3, -0.25) is 8.75 Å². The van der Waals surface area contributed by atoms with Crippen molar-refractivity contribution < 1.29 is 0 Å². The molecule has 1 aromatic heterocycles. The Hall–Kier alpha value is -0.280. The van der Waals surface area contributed by atoms with Gasteiger partial charge in [0, 0.05) is 12.6 Å². The molecule has 1 rings (SSSR count). The SMILES string of the molecule is CC(C)Cn1sc(Cl)cc1=O. The molecule has 0 aromatic carbocycles. The molecular weight excluding hydrogens is 182 g/mol. The van der Waals surface area contributed by atoms with Crippen LogP contribution in [0.25, 0.3) is 0 Å². The summed E-state index contributed by atoms with van der Waals surface area (Å²) in [7, 11) is 0. The van der Waals surface area contributed by atoms with Crippen LogP contribution in [0.5, 0.6) is 0 Å². The number of aromatic nitrogens is 1. The van der Waals surface area contributed by atoms with Gasteiger partial charge >= 0.3 is 0 Å². The van der Waals surface area contributed by atoms with E-state index >= 15 is 0 Å². The summed E-state index contributed by atoms with van der Waals surface area (Å²) in [5.74, 6) is 0.488. The molecule has 11 heavy (non-hydrogen) atoms. The zero-order chi connectivity index (χ0) is 8.43. The summed E-state index contributed by atoms with van der Waals surface area (Å²) in [6.07, 6.45) is 0. The third kappa shape index (κ3) is 2.34. The van der Waals surface area contributed by atoms with Crippen molar-refractivity contribution in [2.75, 3.05) is 0 Å². The Balaban J connectivity index is 2.86. The predicted molar refractivity (Wildman–Crippen MR) is 48.4 cm³/mol. The van der Waals surface area contributed by atoms with Gasteiger partial charge in [0.25, 0.3) is 5.56 Å². The molecule has 1 aromatic rings. The van der Waals surface area contributed by atoms with Gasteiger partial charge in [0.1, 0.15) is 4.34 Å². The molecule has 0 radical (unpaired) electrons. The maximum absolute atomic E-state index is 11.1. The van der Waals surface area contributed by atoms with Crippen molar-refractivity contribution in [2.45, 2.75) is 20.4 Å². The van der Waals surface area contributed by atoms with Crippen LogP contribution in [0.1, 0.15) is 13.8 Å². The Morgan fingerprint density at radius 2 is 2.36 bits per heavy atom. The Kier molecular flexibility index (Phi) is 2.73. The number of nitrogens with zero attached hydrogens (tertiary/aromatic N) is 1. The summed E-state index contributed by atoms with van der Waals surface area (Å²) in [5, 5.41) is 0. The molecule has 0 spiro atoms. The van der Waals surface area contributed by atoms with Gasteiger partial charge in [-0.15, -0.1) is 0 Å². The van der Waals surface area contributed by atoms with Crippen molar-refractivity contribution in [3.8, 4) is 0 Å². The molecule has 4 heteroatoms. The minimum Gasteiger partial charge on any atom is -0.268 e. The Morgan fingerprint density at radius 3 is 2.73 bits per heavy atom. The van der Waals surface area contributed by atoms with E-state index in [1.807, 2.05) is 0 Å². The zero-order valence-corrected chi connectivity index (χ0v) is 8.08. The van der Waals surface area contributed by atoms with Crippen LogP contribution in [0, 0.1) is 5.92 Å². The first-order chi connectivity index (χ1) is 5.09. The molecule has 62 valence electrons. The molecule has 1 heterocycles. The average Bonchev–Trinajstić information content (AvgIpc) is 2.09. The van der Waals surface area contributed by atoms with Crippen LogP contribution in [0.4, 0.5) is 0 Å². The quantitative estimate of drug-likeness (QED) is 0.703. The highest BCUT2D eigenvalue weighted by molar-refractivity contribution is 7.11. The highest BCUT2D eigenvalue weighted by atomic mass is 35.5. The van der Waals surface area contributed by atoms with Crippen LogP contribution >= 0.6 is 23.1 Å². The summed E-state index contributed by atoms with van der Waals surface area (Å²) in [5.41, 5.74) is 0.00806. The fraction of sp³-hybridized carbons (Fsp3) is 0.571. The van der Waals surface area contributed by atoms with E-state index in [-0.39, 0.29) is 5.56 Å². The number of rotatable bonds is 2. The molecule has 0 unspecified atom stereocenters. The molecule has 0 aliphatic carbocycles. The lowest BCUT2D eigenvalue weighted by Crippen LogP contribution is -2.14. The zero-order valence-electron chi connectivity index (χ0n) is 6.50. The first-order valence-corrected chi connectivity index (χ1v) is 4.61. The van der Waals surface area contributed by atoms with Crippen LogP contribution in [0.3, 0.4) is 0 Å². The van der Waals surface area contributed by atoms with Crippen molar-refractivity contribution in [2.24, 2.45) is 5.92 Å². The third-order valence-corrected chi connectivity index (χ3v) is 2.37. The molecular formula is C7H10ClNOS. The van der Waals surface area contributed by atoms with Crippen molar-refractivity contribution >= 4 is 23.1 Å². The summed E-state index contributed by atoms with van der Waals surface area (Å²) >= 11 is 6.96. The summed E-state index contributed by atoms with van der Waals surface area (Å²) in [4.78, 5) is 11.1. The smallest absolute Gasteiger partial charge is 0.262 e. The normalized spacial score (nSPS) is 10.9. The third-order valence-electron chi connectivity index (χ3n) is 1.21. The van der Waals surface area contributed by atoms with Gasteiger partial charge in [0.05, 0.1) is 0 Å². The van der Waals surface area contributed by atoms with Gasteiger partial charge in [-0.05, 0) is 17.5 Å². The largest absolute Gasteiger partial charge is 0.268 e. The monoisotopic (exact) mass is 191 g/mol. The molecule has 0 saturated carbocycles. The lowest BCUT2D eigenvalue weighted by Gasteiger charge is -2.02. The Labute approximate surface area is 74.6 Å². The lowest BCUT2D eigenvalue weighted by atomic mass is 10.2. The second-order valence-electron chi connectivity index (χ2n) is 2.83. The van der Waals surface area contributed by atoms with Crippen molar-refractivity contribution in [1.82, 2.24) is 3.96 Å². The van der Waals surface area contributed by atoms with Crippen molar-refractivity contribution in [3.63, 3.8) is 0 Å². The second-order valence-corrected chi connectivity index (χ2v) is 4.53. The van der Waals surface area contributed by atoms with Gasteiger partial charge in [-0.25, -0.2) is 0 Å². The van der Waals surface area contributed by atoms with Crippen LogP contribution in [0.2, 0.25) is 4.34 Å². The minimum atomic E-state index is 0.00806. The van der Waals surface area contributed by atoms with Gasteiger partial charge in [-0.2, -0.15) is 0 Å². The molecule has 0 N–H and O–H groups in total. The molecule has 2 nitrogen and oxygen atoms in total. The minimum absolute atomic E-state index is 0.00806. The summed E-state index contributed by atoms with van der Waals surface area (Å²) < 4.78 is 2.24. The van der Waals surface area contributed by atoms with E-state index in [0.29, 0.717) is 10.3 Å². The van der Waals surface area contributed by atoms with Crippen LogP contribution in [-0.4, -0.2) is 3.96 Å². The van der Waals surface area contributed by atoms with E-state index in [2.05, 4.69) is 13.8 Å². The first-order valence-electron chi connectivity index (χ1n) is 3.46. The van der Waals surface area contributed by atoms with Crippen LogP contribution in [0.15, 0.2) is 10.9 Å². The first kappa shape index (κ1) is 8.81. The Bertz CT molecular complexity index is 289. The lowest BCUT2D eigenvalue weighted by molar-refractivity contribution is 0.541. The maximum atomic E-state index is 11.1. The number of hydrogen-bond donors (Lipinski definition) is 0. The highest BCUT2D eigenvalue weighted by Gasteiger charge is 2.02. The molecule has 0 atom stereocenters. The summed E-state index contributed by atoms with van der Waals surface area (Å²) in [6, 6.07) is 1.45. The highest BCUT2D eigenvalue weighted by Crippen LogP contribution is 2.13. The standard InChI is InChI=1S/C7H10ClNOS/c1-5(2)4-9-7(10)3-6(8)11-9/h3,5H,4H2,1-2H3. The molecule has 0 saturated heterocycles. The van der Waals surface area contributed by atoms with Crippen LogP contribution in [-0.2, 0) is 6.54 Å². The van der Waals surface area contributed by atoms with Crippen LogP contribution < -0.4 is 5.56 Å². The van der Waals surface area contributed by atoms with E-state index in [9.17, 15) is 4.79 Å². The molecule has 0 fully saturated rings. The summed E-state index contributed by atoms with van der Waals surface area (Å²) in [6.45, 7) is 4.90. The van der Waals surface area contributed by atoms with Gasteiger partial charge < -0.3 is 0 Å². The van der Waals surface area contributed by atoms with Gasteiger partial charge in [0.2, 0.25) is 0 Å². The molecule has 0 aliphatic heterocycles. The van der Waals surface area contributed by atoms with E-state index < -0.39 is 0 Å². The molecule has 0 bridgehead atoms. The predicted octanol–water partition coefficient (Wildman–Crippen LogP) is 2.22. The maximum Gasteiger partial charge on any atom is 0.262 e. The fourth-order valence-corrected chi connectivity index (χ4v) is 2.03. The molecule has 0 aliphatic rings.